The zero-order valence-corrected chi connectivity index (χ0v) is 21.8. The summed E-state index contributed by atoms with van der Waals surface area (Å²) >= 11 is 0. The molecule has 208 valence electrons. The summed E-state index contributed by atoms with van der Waals surface area (Å²) in [6.45, 7) is 1.66. The van der Waals surface area contributed by atoms with Gasteiger partial charge in [0.05, 0.1) is 6.26 Å². The minimum atomic E-state index is -5.08. The van der Waals surface area contributed by atoms with Gasteiger partial charge in [-0.15, -0.1) is 0 Å². The third-order valence-corrected chi connectivity index (χ3v) is 8.30. The van der Waals surface area contributed by atoms with Crippen molar-refractivity contribution in [1.82, 2.24) is 9.21 Å². The Labute approximate surface area is 220 Å². The van der Waals surface area contributed by atoms with Crippen LogP contribution in [0.15, 0.2) is 54.6 Å². The molecular formula is C26H32F3N3O5S. The summed E-state index contributed by atoms with van der Waals surface area (Å²) < 4.78 is 58.1. The van der Waals surface area contributed by atoms with Gasteiger partial charge in [-0.25, -0.2) is 13.2 Å². The molecule has 2 bridgehead atoms. The van der Waals surface area contributed by atoms with Crippen LogP contribution < -0.4 is 5.73 Å². The lowest BCUT2D eigenvalue weighted by Gasteiger charge is -2.40. The van der Waals surface area contributed by atoms with Gasteiger partial charge in [-0.3, -0.25) is 9.69 Å². The topological polar surface area (TPSA) is 121 Å². The molecule has 0 aromatic heterocycles. The minimum Gasteiger partial charge on any atom is -0.475 e. The van der Waals surface area contributed by atoms with Crippen molar-refractivity contribution in [2.24, 2.45) is 5.73 Å². The number of carbonyl (C=O) groups is 2. The molecule has 8 nitrogen and oxygen atoms in total. The van der Waals surface area contributed by atoms with Crippen molar-refractivity contribution < 1.29 is 36.3 Å². The molecule has 0 aliphatic carbocycles. The minimum absolute atomic E-state index is 0.387. The van der Waals surface area contributed by atoms with Crippen molar-refractivity contribution in [3.8, 4) is 0 Å². The quantitative estimate of drug-likeness (QED) is 0.514. The van der Waals surface area contributed by atoms with Crippen LogP contribution in [0, 0.1) is 0 Å². The predicted octanol–water partition coefficient (Wildman–Crippen LogP) is 3.59. The van der Waals surface area contributed by atoms with Crippen LogP contribution in [0.1, 0.15) is 53.1 Å². The predicted molar refractivity (Wildman–Crippen MR) is 136 cm³/mol. The lowest BCUT2D eigenvalue weighted by Crippen LogP contribution is -2.46. The van der Waals surface area contributed by atoms with Crippen LogP contribution >= 0.6 is 0 Å². The van der Waals surface area contributed by atoms with Crippen molar-refractivity contribution >= 4 is 21.9 Å². The van der Waals surface area contributed by atoms with Crippen LogP contribution in [0.3, 0.4) is 0 Å². The van der Waals surface area contributed by atoms with Crippen LogP contribution in [0.2, 0.25) is 0 Å². The van der Waals surface area contributed by atoms with Crippen LogP contribution in [-0.2, 0) is 21.4 Å². The molecule has 2 fully saturated rings. The maximum Gasteiger partial charge on any atom is 0.490 e. The fourth-order valence-electron chi connectivity index (χ4n) is 5.23. The van der Waals surface area contributed by atoms with E-state index in [1.165, 1.54) is 11.8 Å². The Morgan fingerprint density at radius 3 is 2.13 bits per heavy atom. The van der Waals surface area contributed by atoms with E-state index in [1.54, 1.807) is 10.4 Å². The summed E-state index contributed by atoms with van der Waals surface area (Å²) in [6.07, 6.45) is 0.581. The molecule has 2 aromatic carbocycles. The molecule has 1 amide bonds. The number of hydrogen-bond donors (Lipinski definition) is 2. The zero-order chi connectivity index (χ0) is 28.1. The third kappa shape index (κ3) is 8.02. The van der Waals surface area contributed by atoms with Gasteiger partial charge in [0.2, 0.25) is 15.9 Å². The second kappa shape index (κ2) is 12.3. The molecule has 2 unspecified atom stereocenters. The summed E-state index contributed by atoms with van der Waals surface area (Å²) in [4.78, 5) is 23.0. The van der Waals surface area contributed by atoms with E-state index in [-0.39, 0.29) is 5.91 Å². The Hall–Kier alpha value is -2.96. The number of carbonyl (C=O) groups excluding carboxylic acids is 1. The van der Waals surface area contributed by atoms with E-state index in [9.17, 15) is 26.4 Å². The van der Waals surface area contributed by atoms with E-state index in [4.69, 9.17) is 15.6 Å². The smallest absolute Gasteiger partial charge is 0.475 e. The normalized spacial score (nSPS) is 21.6. The highest BCUT2D eigenvalue weighted by molar-refractivity contribution is 7.88. The number of fused-ring (bicyclic) bond motifs is 2. The Morgan fingerprint density at radius 2 is 1.63 bits per heavy atom. The summed E-state index contributed by atoms with van der Waals surface area (Å²) in [7, 11) is -3.28. The number of benzene rings is 2. The molecule has 2 heterocycles. The number of piperidine rings is 1. The van der Waals surface area contributed by atoms with Crippen molar-refractivity contribution in [3.63, 3.8) is 0 Å². The first-order valence-corrected chi connectivity index (χ1v) is 14.0. The molecule has 0 spiro atoms. The van der Waals surface area contributed by atoms with E-state index >= 15 is 0 Å². The molecule has 0 saturated carbocycles. The number of carboxylic acids is 1. The van der Waals surface area contributed by atoms with Gasteiger partial charge in [-0.1, -0.05) is 42.5 Å². The maximum atomic E-state index is 12.4. The first-order valence-electron chi connectivity index (χ1n) is 12.2. The third-order valence-electron chi connectivity index (χ3n) is 7.05. The molecular weight excluding hydrogens is 523 g/mol. The molecule has 2 atom stereocenters. The number of alkyl halides is 3. The molecule has 2 aliphatic rings. The van der Waals surface area contributed by atoms with Crippen LogP contribution in [0.4, 0.5) is 13.2 Å². The number of aliphatic carboxylic acids is 1. The van der Waals surface area contributed by atoms with Crippen molar-refractivity contribution in [2.75, 3.05) is 19.3 Å². The van der Waals surface area contributed by atoms with Crippen LogP contribution in [0.5, 0.6) is 0 Å². The number of hydrogen-bond acceptors (Lipinski definition) is 5. The highest BCUT2D eigenvalue weighted by atomic mass is 32.2. The fraction of sp³-hybridized carbons (Fsp3) is 0.462. The number of nitrogens with zero attached hydrogens (tertiary/aromatic N) is 2. The largest absolute Gasteiger partial charge is 0.490 e. The number of nitrogens with two attached hydrogens (primary N) is 1. The average Bonchev–Trinajstić information content (AvgIpc) is 3.08. The molecule has 0 radical (unpaired) electrons. The Bertz CT molecular complexity index is 1210. The SMILES string of the molecule is CS(=O)(=O)N(CCN1C2CCC1CC(c1cccc(C(N)=O)c1)C2)Cc1ccccc1.O=C(O)C(F)(F)F. The summed E-state index contributed by atoms with van der Waals surface area (Å²) in [6, 6.07) is 18.4. The standard InChI is InChI=1S/C24H31N3O3S.C2HF3O2/c1-31(29,30)26(17-18-6-3-2-4-7-18)12-13-27-22-10-11-23(27)16-21(15-22)19-8-5-9-20(14-19)24(25)28;3-2(4,5)1(6)7/h2-9,14,21-23H,10-13,15-17H2,1H3,(H2,25,28);(H,6,7). The molecule has 2 aromatic rings. The van der Waals surface area contributed by atoms with Crippen molar-refractivity contribution in [3.05, 3.63) is 71.3 Å². The second-order valence-electron chi connectivity index (χ2n) is 9.67. The zero-order valence-electron chi connectivity index (χ0n) is 21.0. The van der Waals surface area contributed by atoms with Crippen molar-refractivity contribution in [2.45, 2.75) is 56.4 Å². The van der Waals surface area contributed by atoms with E-state index < -0.39 is 22.2 Å². The number of carboxylic acid groups (broad SMARTS) is 1. The van der Waals surface area contributed by atoms with Gasteiger partial charge in [0.25, 0.3) is 0 Å². The van der Waals surface area contributed by atoms with Gasteiger partial charge < -0.3 is 10.8 Å². The average molecular weight is 556 g/mol. The Balaban J connectivity index is 0.000000505. The summed E-state index contributed by atoms with van der Waals surface area (Å²) in [5.41, 5.74) is 8.22. The summed E-state index contributed by atoms with van der Waals surface area (Å²) in [5.74, 6) is -2.72. The maximum absolute atomic E-state index is 12.4. The van der Waals surface area contributed by atoms with Gasteiger partial charge in [-0.05, 0) is 54.9 Å². The van der Waals surface area contributed by atoms with E-state index in [2.05, 4.69) is 11.0 Å². The number of rotatable bonds is 8. The highest BCUT2D eigenvalue weighted by Gasteiger charge is 2.41. The monoisotopic (exact) mass is 555 g/mol. The lowest BCUT2D eigenvalue weighted by atomic mass is 9.84. The second-order valence-corrected chi connectivity index (χ2v) is 11.6. The molecule has 2 aliphatic heterocycles. The van der Waals surface area contributed by atoms with Gasteiger partial charge in [0, 0.05) is 37.3 Å². The molecule has 38 heavy (non-hydrogen) atoms. The van der Waals surface area contributed by atoms with E-state index in [1.807, 2.05) is 42.5 Å². The highest BCUT2D eigenvalue weighted by Crippen LogP contribution is 2.43. The van der Waals surface area contributed by atoms with Gasteiger partial charge in [0.1, 0.15) is 0 Å². The first-order chi connectivity index (χ1) is 17.8. The number of primary amides is 1. The molecule has 2 saturated heterocycles. The molecule has 3 N–H and O–H groups in total. The van der Waals surface area contributed by atoms with Crippen LogP contribution in [0.25, 0.3) is 0 Å². The molecule has 4 rings (SSSR count). The number of sulfonamides is 1. The van der Waals surface area contributed by atoms with E-state index in [0.717, 1.165) is 37.8 Å². The fourth-order valence-corrected chi connectivity index (χ4v) is 6.03. The Kier molecular flexibility index (Phi) is 9.55. The van der Waals surface area contributed by atoms with Crippen molar-refractivity contribution in [1.29, 1.82) is 0 Å². The Morgan fingerprint density at radius 1 is 1.05 bits per heavy atom. The lowest BCUT2D eigenvalue weighted by molar-refractivity contribution is -0.192. The van der Waals surface area contributed by atoms with Crippen LogP contribution in [-0.4, -0.2) is 72.2 Å². The number of amides is 1. The summed E-state index contributed by atoms with van der Waals surface area (Å²) in [5, 5.41) is 7.12. The molecule has 12 heteroatoms. The first kappa shape index (κ1) is 29.6. The van der Waals surface area contributed by atoms with E-state index in [0.29, 0.717) is 36.7 Å². The van der Waals surface area contributed by atoms with Gasteiger partial charge in [-0.2, -0.15) is 17.5 Å². The van der Waals surface area contributed by atoms with Gasteiger partial charge >= 0.3 is 12.1 Å². The number of halogens is 3. The van der Waals surface area contributed by atoms with Gasteiger partial charge in [0.15, 0.2) is 0 Å².